The lowest BCUT2D eigenvalue weighted by Crippen LogP contribution is -2.23. The summed E-state index contributed by atoms with van der Waals surface area (Å²) >= 11 is 0. The molecular weight excluding hydrogens is 228 g/mol. The van der Waals surface area contributed by atoms with Gasteiger partial charge in [0, 0.05) is 11.3 Å². The Morgan fingerprint density at radius 3 is 2.06 bits per heavy atom. The summed E-state index contributed by atoms with van der Waals surface area (Å²) in [7, 11) is 0. The molecule has 0 unspecified atom stereocenters. The first kappa shape index (κ1) is 11.9. The first-order valence-electron chi connectivity index (χ1n) is 5.45. The molecule has 0 atom stereocenters. The lowest BCUT2D eigenvalue weighted by Gasteiger charge is -2.06. The van der Waals surface area contributed by atoms with Crippen molar-refractivity contribution in [1.29, 1.82) is 0 Å². The Labute approximate surface area is 105 Å². The van der Waals surface area contributed by atoms with E-state index in [4.69, 9.17) is 5.21 Å². The molecule has 0 spiro atoms. The Bertz CT molecular complexity index is 551. The van der Waals surface area contributed by atoms with E-state index in [1.54, 1.807) is 36.4 Å². The van der Waals surface area contributed by atoms with E-state index in [-0.39, 0.29) is 5.71 Å². The maximum atomic E-state index is 11.9. The molecule has 2 aromatic carbocycles. The number of rotatable bonds is 3. The van der Waals surface area contributed by atoms with Gasteiger partial charge in [-0.15, -0.1) is 0 Å². The molecular formula is C14H12N2O2. The second kappa shape index (κ2) is 5.63. The fourth-order valence-electron chi connectivity index (χ4n) is 1.54. The van der Waals surface area contributed by atoms with Gasteiger partial charge in [0.2, 0.25) is 0 Å². The van der Waals surface area contributed by atoms with Crippen LogP contribution < -0.4 is 5.32 Å². The van der Waals surface area contributed by atoms with Gasteiger partial charge in [0.05, 0.1) is 0 Å². The van der Waals surface area contributed by atoms with Crippen molar-refractivity contribution < 1.29 is 10.0 Å². The zero-order valence-electron chi connectivity index (χ0n) is 9.58. The van der Waals surface area contributed by atoms with Gasteiger partial charge >= 0.3 is 0 Å². The predicted octanol–water partition coefficient (Wildman–Crippen LogP) is 2.50. The van der Waals surface area contributed by atoms with Gasteiger partial charge in [-0.1, -0.05) is 53.7 Å². The van der Waals surface area contributed by atoms with Gasteiger partial charge < -0.3 is 10.5 Å². The number of para-hydroxylation sites is 1. The Hall–Kier alpha value is -2.62. The van der Waals surface area contributed by atoms with Gasteiger partial charge in [0.15, 0.2) is 5.71 Å². The molecule has 0 aliphatic carbocycles. The number of amides is 1. The van der Waals surface area contributed by atoms with Gasteiger partial charge in [0.25, 0.3) is 5.91 Å². The molecule has 0 bridgehead atoms. The van der Waals surface area contributed by atoms with Crippen LogP contribution in [0.25, 0.3) is 0 Å². The molecule has 90 valence electrons. The first-order valence-corrected chi connectivity index (χ1v) is 5.45. The van der Waals surface area contributed by atoms with Crippen LogP contribution in [0.4, 0.5) is 5.69 Å². The third kappa shape index (κ3) is 2.74. The van der Waals surface area contributed by atoms with Gasteiger partial charge in [-0.2, -0.15) is 0 Å². The third-order valence-corrected chi connectivity index (χ3v) is 2.39. The van der Waals surface area contributed by atoms with Crippen LogP contribution in [-0.2, 0) is 4.79 Å². The topological polar surface area (TPSA) is 61.7 Å². The lowest BCUT2D eigenvalue weighted by atomic mass is 10.1. The highest BCUT2D eigenvalue weighted by molar-refractivity contribution is 6.48. The van der Waals surface area contributed by atoms with Gasteiger partial charge in [-0.25, -0.2) is 0 Å². The van der Waals surface area contributed by atoms with Crippen molar-refractivity contribution in [3.63, 3.8) is 0 Å². The summed E-state index contributed by atoms with van der Waals surface area (Å²) in [5.74, 6) is -0.449. The maximum absolute atomic E-state index is 11.9. The number of carbonyl (C=O) groups is 1. The van der Waals surface area contributed by atoms with E-state index in [0.717, 1.165) is 0 Å². The molecule has 18 heavy (non-hydrogen) atoms. The number of oxime groups is 1. The van der Waals surface area contributed by atoms with Gasteiger partial charge in [0.1, 0.15) is 0 Å². The summed E-state index contributed by atoms with van der Waals surface area (Å²) in [6, 6.07) is 17.8. The van der Waals surface area contributed by atoms with Crippen LogP contribution in [0.1, 0.15) is 5.56 Å². The lowest BCUT2D eigenvalue weighted by molar-refractivity contribution is -0.110. The highest BCUT2D eigenvalue weighted by Gasteiger charge is 2.14. The molecule has 2 rings (SSSR count). The van der Waals surface area contributed by atoms with E-state index in [1.165, 1.54) is 0 Å². The minimum absolute atomic E-state index is 0.0144. The molecule has 2 N–H and O–H groups in total. The SMILES string of the molecule is O=C(Nc1ccccc1)C(=NO)c1ccccc1. The largest absolute Gasteiger partial charge is 0.410 e. The summed E-state index contributed by atoms with van der Waals surface area (Å²) in [5.41, 5.74) is 1.20. The fraction of sp³-hybridized carbons (Fsp3) is 0. The molecule has 4 nitrogen and oxygen atoms in total. The average Bonchev–Trinajstić information content (AvgIpc) is 2.42. The van der Waals surface area contributed by atoms with E-state index >= 15 is 0 Å². The van der Waals surface area contributed by atoms with Crippen LogP contribution in [0, 0.1) is 0 Å². The van der Waals surface area contributed by atoms with Crippen LogP contribution in [0.2, 0.25) is 0 Å². The van der Waals surface area contributed by atoms with Gasteiger partial charge in [-0.05, 0) is 12.1 Å². The molecule has 0 aliphatic heterocycles. The highest BCUT2D eigenvalue weighted by Crippen LogP contribution is 2.07. The molecule has 1 amide bonds. The number of anilines is 1. The van der Waals surface area contributed by atoms with Crippen LogP contribution in [0.3, 0.4) is 0 Å². The predicted molar refractivity (Wildman–Crippen MR) is 69.8 cm³/mol. The van der Waals surface area contributed by atoms with Crippen LogP contribution in [0.5, 0.6) is 0 Å². The van der Waals surface area contributed by atoms with E-state index in [9.17, 15) is 4.79 Å². The molecule has 0 saturated heterocycles. The summed E-state index contributed by atoms with van der Waals surface area (Å²) in [4.78, 5) is 11.9. The monoisotopic (exact) mass is 240 g/mol. The summed E-state index contributed by atoms with van der Waals surface area (Å²) in [6.07, 6.45) is 0. The second-order valence-corrected chi connectivity index (χ2v) is 3.63. The smallest absolute Gasteiger partial charge is 0.278 e. The summed E-state index contributed by atoms with van der Waals surface area (Å²) in [5, 5.41) is 14.7. The van der Waals surface area contributed by atoms with Crippen LogP contribution in [0.15, 0.2) is 65.8 Å². The highest BCUT2D eigenvalue weighted by atomic mass is 16.4. The number of nitrogens with zero attached hydrogens (tertiary/aromatic N) is 1. The fourth-order valence-corrected chi connectivity index (χ4v) is 1.54. The zero-order chi connectivity index (χ0) is 12.8. The van der Waals surface area contributed by atoms with Crippen molar-refractivity contribution in [3.05, 3.63) is 66.2 Å². The molecule has 4 heteroatoms. The standard InChI is InChI=1S/C14H12N2O2/c17-14(15-12-9-5-2-6-10-12)13(16-18)11-7-3-1-4-8-11/h1-10,18H,(H,15,17). The first-order chi connectivity index (χ1) is 8.81. The minimum Gasteiger partial charge on any atom is -0.410 e. The normalized spacial score (nSPS) is 11.0. The molecule has 2 aromatic rings. The van der Waals surface area contributed by atoms with E-state index in [2.05, 4.69) is 10.5 Å². The zero-order valence-corrected chi connectivity index (χ0v) is 9.58. The number of carbonyl (C=O) groups excluding carboxylic acids is 1. The van der Waals surface area contributed by atoms with Crippen LogP contribution in [-0.4, -0.2) is 16.8 Å². The summed E-state index contributed by atoms with van der Waals surface area (Å²) < 4.78 is 0. The third-order valence-electron chi connectivity index (χ3n) is 2.39. The molecule has 0 aromatic heterocycles. The van der Waals surface area contributed by atoms with E-state index in [0.29, 0.717) is 11.3 Å². The molecule has 0 heterocycles. The number of benzene rings is 2. The van der Waals surface area contributed by atoms with Crippen molar-refractivity contribution in [2.24, 2.45) is 5.16 Å². The Balaban J connectivity index is 2.18. The Morgan fingerprint density at radius 2 is 1.50 bits per heavy atom. The van der Waals surface area contributed by atoms with E-state index in [1.807, 2.05) is 24.3 Å². The van der Waals surface area contributed by atoms with Crippen molar-refractivity contribution in [2.45, 2.75) is 0 Å². The van der Waals surface area contributed by atoms with Crippen molar-refractivity contribution >= 4 is 17.3 Å². The molecule has 0 saturated carbocycles. The molecule has 0 aliphatic rings. The number of nitrogens with one attached hydrogen (secondary N) is 1. The van der Waals surface area contributed by atoms with Gasteiger partial charge in [-0.3, -0.25) is 4.79 Å². The second-order valence-electron chi connectivity index (χ2n) is 3.63. The molecule has 0 fully saturated rings. The maximum Gasteiger partial charge on any atom is 0.278 e. The van der Waals surface area contributed by atoms with Crippen molar-refractivity contribution in [1.82, 2.24) is 0 Å². The number of hydrogen-bond donors (Lipinski definition) is 2. The van der Waals surface area contributed by atoms with E-state index < -0.39 is 5.91 Å². The Kier molecular flexibility index (Phi) is 3.71. The quantitative estimate of drug-likeness (QED) is 0.492. The average molecular weight is 240 g/mol. The van der Waals surface area contributed by atoms with Crippen molar-refractivity contribution in [2.75, 3.05) is 5.32 Å². The van der Waals surface area contributed by atoms with Crippen LogP contribution >= 0.6 is 0 Å². The number of hydrogen-bond acceptors (Lipinski definition) is 3. The Morgan fingerprint density at radius 1 is 0.944 bits per heavy atom. The minimum atomic E-state index is -0.449. The summed E-state index contributed by atoms with van der Waals surface area (Å²) in [6.45, 7) is 0. The molecule has 0 radical (unpaired) electrons. The van der Waals surface area contributed by atoms with Crippen molar-refractivity contribution in [3.8, 4) is 0 Å².